The molecule has 4 fully saturated rings. The van der Waals surface area contributed by atoms with Crippen LogP contribution < -0.4 is 10.2 Å². The lowest BCUT2D eigenvalue weighted by Crippen LogP contribution is -2.60. The number of hydrogen-bond donors (Lipinski definition) is 2. The van der Waals surface area contributed by atoms with Gasteiger partial charge in [-0.05, 0) is 73.2 Å². The summed E-state index contributed by atoms with van der Waals surface area (Å²) < 4.78 is 38.6. The van der Waals surface area contributed by atoms with Crippen LogP contribution in [0.25, 0.3) is 0 Å². The van der Waals surface area contributed by atoms with Gasteiger partial charge in [-0.25, -0.2) is 4.79 Å². The van der Waals surface area contributed by atoms with Crippen LogP contribution in [0.2, 0.25) is 5.02 Å². The van der Waals surface area contributed by atoms with Gasteiger partial charge in [0.1, 0.15) is 23.7 Å². The van der Waals surface area contributed by atoms with Crippen molar-refractivity contribution in [2.24, 2.45) is 28.8 Å². The molecule has 1 amide bonds. The number of aliphatic hydroxyl groups excluding tert-OH is 1. The number of amides is 1. The number of ether oxygens (including phenoxy) is 6. The van der Waals surface area contributed by atoms with Gasteiger partial charge < -0.3 is 48.6 Å². The summed E-state index contributed by atoms with van der Waals surface area (Å²) in [6.07, 6.45) is -4.59. The number of carbonyl (C=O) groups excluding carboxylic acids is 3. The van der Waals surface area contributed by atoms with E-state index >= 15 is 0 Å². The van der Waals surface area contributed by atoms with Gasteiger partial charge in [-0.1, -0.05) is 50.5 Å². The molecule has 4 saturated heterocycles. The van der Waals surface area contributed by atoms with Crippen LogP contribution in [0.3, 0.4) is 0 Å². The summed E-state index contributed by atoms with van der Waals surface area (Å²) in [7, 11) is 3.79. The van der Waals surface area contributed by atoms with Crippen LogP contribution >= 0.6 is 11.6 Å². The first-order chi connectivity index (χ1) is 25.4. The van der Waals surface area contributed by atoms with Crippen molar-refractivity contribution in [3.05, 3.63) is 29.3 Å². The molecule has 2 bridgehead atoms. The van der Waals surface area contributed by atoms with Crippen molar-refractivity contribution in [2.45, 2.75) is 135 Å². The van der Waals surface area contributed by atoms with Gasteiger partial charge in [0.25, 0.3) is 0 Å². The fourth-order valence-corrected chi connectivity index (χ4v) is 8.92. The predicted molar refractivity (Wildman–Crippen MR) is 199 cm³/mol. The average Bonchev–Trinajstić information content (AvgIpc) is 3.45. The molecule has 4 aliphatic rings. The van der Waals surface area contributed by atoms with Crippen molar-refractivity contribution < 1.29 is 52.7 Å². The number of oxime groups is 1. The van der Waals surface area contributed by atoms with E-state index in [2.05, 4.69) is 10.5 Å². The summed E-state index contributed by atoms with van der Waals surface area (Å²) in [5, 5.41) is 19.3. The number of carbonyl (C=O) groups is 3. The number of likely N-dealkylation sites (N-methyl/N-ethyl adjacent to an activating group) is 1. The van der Waals surface area contributed by atoms with Crippen LogP contribution in [-0.4, -0.2) is 121 Å². The second kappa shape index (κ2) is 17.1. The number of hydrogen-bond acceptors (Lipinski definition) is 13. The lowest BCUT2D eigenvalue weighted by Gasteiger charge is -2.48. The molecule has 4 heterocycles. The Morgan fingerprint density at radius 3 is 2.46 bits per heavy atom. The minimum Gasteiger partial charge on any atom is -0.458 e. The molecular formula is C39H58ClN3O11. The summed E-state index contributed by atoms with van der Waals surface area (Å²) in [5.74, 6) is -3.17. The third-order valence-corrected chi connectivity index (χ3v) is 12.0. The van der Waals surface area contributed by atoms with E-state index in [1.54, 1.807) is 45.0 Å². The third-order valence-electron chi connectivity index (χ3n) is 11.7. The number of Topliss-reactive ketones (excluding diaryl/α,β-unsaturated/α-hetero) is 1. The van der Waals surface area contributed by atoms with Gasteiger partial charge >= 0.3 is 12.1 Å². The van der Waals surface area contributed by atoms with Crippen LogP contribution in [-0.2, 0) is 38.0 Å². The number of benzene rings is 1. The van der Waals surface area contributed by atoms with E-state index in [0.29, 0.717) is 29.3 Å². The number of rotatable bonds is 6. The molecule has 4 aliphatic heterocycles. The minimum atomic E-state index is -1.33. The van der Waals surface area contributed by atoms with E-state index in [9.17, 15) is 19.5 Å². The van der Waals surface area contributed by atoms with E-state index < -0.39 is 83.7 Å². The van der Waals surface area contributed by atoms with Gasteiger partial charge in [0.15, 0.2) is 17.6 Å². The van der Waals surface area contributed by atoms with E-state index in [-0.39, 0.29) is 37.6 Å². The number of esters is 1. The molecule has 14 atom stereocenters. The van der Waals surface area contributed by atoms with Crippen LogP contribution in [0, 0.1) is 23.7 Å². The zero-order chi connectivity index (χ0) is 39.7. The quantitative estimate of drug-likeness (QED) is 0.301. The normalized spacial score (nSPS) is 41.9. The van der Waals surface area contributed by atoms with Crippen LogP contribution in [0.5, 0.6) is 5.75 Å². The smallest absolute Gasteiger partial charge is 0.408 e. The fourth-order valence-electron chi connectivity index (χ4n) is 8.74. The highest BCUT2D eigenvalue weighted by Crippen LogP contribution is 2.42. The summed E-state index contributed by atoms with van der Waals surface area (Å²) in [5.41, 5.74) is -2.21. The van der Waals surface area contributed by atoms with Crippen molar-refractivity contribution >= 4 is 35.2 Å². The molecule has 54 heavy (non-hydrogen) atoms. The van der Waals surface area contributed by atoms with E-state index in [4.69, 9.17) is 44.9 Å². The summed E-state index contributed by atoms with van der Waals surface area (Å²) >= 11 is 6.19. The average molecular weight is 780 g/mol. The Bertz CT molecular complexity index is 1550. The number of nitrogens with zero attached hydrogens (tertiary/aromatic N) is 2. The number of cyclic esters (lactones) is 1. The lowest BCUT2D eigenvalue weighted by atomic mass is 9.73. The summed E-state index contributed by atoms with van der Waals surface area (Å²) in [4.78, 5) is 49.2. The first-order valence-electron chi connectivity index (χ1n) is 19.0. The Morgan fingerprint density at radius 2 is 1.80 bits per heavy atom. The maximum atomic E-state index is 14.4. The maximum Gasteiger partial charge on any atom is 0.408 e. The zero-order valence-corrected chi connectivity index (χ0v) is 33.8. The van der Waals surface area contributed by atoms with Crippen molar-refractivity contribution in [3.8, 4) is 5.75 Å². The first-order valence-corrected chi connectivity index (χ1v) is 19.4. The molecule has 0 radical (unpaired) electrons. The molecule has 2 N–H and O–H groups in total. The Labute approximate surface area is 323 Å². The topological polar surface area (TPSA) is 164 Å². The molecule has 1 aromatic carbocycles. The molecular weight excluding hydrogens is 722 g/mol. The molecule has 15 heteroatoms. The summed E-state index contributed by atoms with van der Waals surface area (Å²) in [6, 6.07) is 5.75. The molecule has 0 aliphatic carbocycles. The van der Waals surface area contributed by atoms with Crippen molar-refractivity contribution in [1.82, 2.24) is 10.2 Å². The number of nitrogens with one attached hydrogen (secondary N) is 1. The number of aliphatic hydroxyl groups is 1. The highest BCUT2D eigenvalue weighted by Gasteiger charge is 2.57. The Morgan fingerprint density at radius 1 is 1.07 bits per heavy atom. The van der Waals surface area contributed by atoms with Gasteiger partial charge in [0.2, 0.25) is 0 Å². The van der Waals surface area contributed by atoms with Crippen molar-refractivity contribution in [1.29, 1.82) is 0 Å². The van der Waals surface area contributed by atoms with Gasteiger partial charge in [-0.15, -0.1) is 0 Å². The van der Waals surface area contributed by atoms with Gasteiger partial charge in [0, 0.05) is 34.9 Å². The van der Waals surface area contributed by atoms with Crippen LogP contribution in [0.15, 0.2) is 29.4 Å². The molecule has 0 spiro atoms. The first kappa shape index (κ1) is 42.3. The molecule has 302 valence electrons. The third kappa shape index (κ3) is 8.90. The van der Waals surface area contributed by atoms with Crippen molar-refractivity contribution in [3.63, 3.8) is 0 Å². The number of alkyl carbamates (subject to hydrolysis) is 1. The second-order valence-corrected chi connectivity index (χ2v) is 16.6. The lowest BCUT2D eigenvalue weighted by molar-refractivity contribution is -0.302. The van der Waals surface area contributed by atoms with E-state index in [0.717, 1.165) is 0 Å². The zero-order valence-electron chi connectivity index (χ0n) is 33.1. The van der Waals surface area contributed by atoms with Crippen LogP contribution in [0.4, 0.5) is 4.79 Å². The molecule has 1 aromatic rings. The monoisotopic (exact) mass is 779 g/mol. The second-order valence-electron chi connectivity index (χ2n) is 16.2. The largest absolute Gasteiger partial charge is 0.458 e. The minimum absolute atomic E-state index is 0.0810. The van der Waals surface area contributed by atoms with Crippen LogP contribution in [0.1, 0.15) is 74.7 Å². The maximum absolute atomic E-state index is 14.4. The predicted octanol–water partition coefficient (Wildman–Crippen LogP) is 4.77. The van der Waals surface area contributed by atoms with Crippen molar-refractivity contribution in [2.75, 3.05) is 27.3 Å². The highest BCUT2D eigenvalue weighted by molar-refractivity contribution is 6.30. The molecule has 0 unspecified atom stereocenters. The Balaban J connectivity index is 1.62. The Kier molecular flexibility index (Phi) is 13.4. The van der Waals surface area contributed by atoms with Gasteiger partial charge in [-0.3, -0.25) is 9.59 Å². The molecule has 5 rings (SSSR count). The number of halogens is 1. The van der Waals surface area contributed by atoms with Gasteiger partial charge in [0.05, 0.1) is 49.1 Å². The molecule has 0 aromatic heterocycles. The van der Waals surface area contributed by atoms with E-state index in [1.807, 2.05) is 53.6 Å². The standard InChI is InChI=1S/C39H58ClN3O11/c1-11-29-39(8)33(41-37(47)53-39)22(4)30(44)20(2)17-38(7)34(52-36-31(45)28(43(9)10)15-21(3)50-36)23(5)32(24(6)35(46)51-29)48-18-26(19-49-38)42-54-27-14-12-13-25(40)16-27/h12-14,16,20-24,28-29,31-34,36,45H,11,15,17-19H2,1-10H3,(H,41,47)/b42-26+/t20-,21-,22+,23+,24-,28+,29-,31-,32+,33-,34-,36+,38+,39-/m1/s1. The summed E-state index contributed by atoms with van der Waals surface area (Å²) in [6.45, 7) is 14.3. The molecule has 0 saturated carbocycles. The highest BCUT2D eigenvalue weighted by atomic mass is 35.5. The van der Waals surface area contributed by atoms with E-state index in [1.165, 1.54) is 0 Å². The Hall–Kier alpha value is -2.85. The fraction of sp³-hybridized carbons (Fsp3) is 0.744. The number of ketones is 1. The van der Waals surface area contributed by atoms with Gasteiger partial charge in [-0.2, -0.15) is 0 Å². The SMILES string of the molecule is CC[C@H]1OC(=O)[C@H](C)[C@H]2OC/C(=N\Oc3cccc(Cl)c3)CO[C@@](C)(C[C@@H](C)C(=O)[C@H](C)[C@H]3NC(=O)O[C@@]31C)[C@H](O[C@@H]1O[C@H](C)C[C@H](N(C)C)[C@H]1O)[C@H]2C. The number of fused-ring (bicyclic) bond motifs is 4. The molecule has 14 nitrogen and oxygen atoms in total.